The second-order valence-electron chi connectivity index (χ2n) is 6.60. The van der Waals surface area contributed by atoms with E-state index in [0.717, 1.165) is 44.5 Å². The fourth-order valence-corrected chi connectivity index (χ4v) is 4.16. The van der Waals surface area contributed by atoms with Gasteiger partial charge in [-0.15, -0.1) is 11.3 Å². The summed E-state index contributed by atoms with van der Waals surface area (Å²) in [4.78, 5) is 3.92. The summed E-state index contributed by atoms with van der Waals surface area (Å²) in [7, 11) is 0. The van der Waals surface area contributed by atoms with Gasteiger partial charge in [0.05, 0.1) is 5.60 Å². The maximum atomic E-state index is 13.1. The molecule has 0 saturated carbocycles. The molecule has 1 aliphatic heterocycles. The lowest BCUT2D eigenvalue weighted by Gasteiger charge is -2.40. The molecule has 2 heterocycles. The van der Waals surface area contributed by atoms with E-state index >= 15 is 0 Å². The number of rotatable bonds is 5. The smallest absolute Gasteiger partial charge is 0.123 e. The van der Waals surface area contributed by atoms with Crippen molar-refractivity contribution in [3.8, 4) is 0 Å². The molecule has 124 valence electrons. The Hall–Kier alpha value is -1.23. The van der Waals surface area contributed by atoms with Crippen LogP contribution >= 0.6 is 11.3 Å². The number of thiophene rings is 1. The summed E-state index contributed by atoms with van der Waals surface area (Å²) >= 11 is 1.82. The van der Waals surface area contributed by atoms with Crippen LogP contribution in [0.5, 0.6) is 0 Å². The van der Waals surface area contributed by atoms with Gasteiger partial charge in [0.1, 0.15) is 5.82 Å². The minimum absolute atomic E-state index is 0.228. The van der Waals surface area contributed by atoms with Crippen LogP contribution in [0.1, 0.15) is 30.2 Å². The van der Waals surface area contributed by atoms with Crippen molar-refractivity contribution in [1.29, 1.82) is 0 Å². The largest absolute Gasteiger partial charge is 0.385 e. The van der Waals surface area contributed by atoms with Crippen molar-refractivity contribution in [3.63, 3.8) is 0 Å². The average molecular weight is 333 g/mol. The van der Waals surface area contributed by atoms with Gasteiger partial charge in [-0.25, -0.2) is 4.39 Å². The third-order valence-electron chi connectivity index (χ3n) is 5.07. The highest BCUT2D eigenvalue weighted by atomic mass is 32.1. The van der Waals surface area contributed by atoms with E-state index in [9.17, 15) is 9.50 Å². The fraction of sp³-hybridized carbons (Fsp3) is 0.474. The molecule has 0 aliphatic carbocycles. The summed E-state index contributed by atoms with van der Waals surface area (Å²) in [5.74, 6) is -0.0288. The van der Waals surface area contributed by atoms with E-state index < -0.39 is 5.60 Å². The molecule has 1 unspecified atom stereocenters. The lowest BCUT2D eigenvalue weighted by molar-refractivity contribution is -0.0328. The number of hydrogen-bond acceptors (Lipinski definition) is 3. The summed E-state index contributed by atoms with van der Waals surface area (Å²) in [5, 5.41) is 13.1. The van der Waals surface area contributed by atoms with Crippen LogP contribution in [-0.2, 0) is 12.0 Å². The maximum absolute atomic E-state index is 13.1. The zero-order valence-electron chi connectivity index (χ0n) is 13.5. The van der Waals surface area contributed by atoms with E-state index in [1.54, 1.807) is 12.1 Å². The van der Waals surface area contributed by atoms with Crippen LogP contribution in [0.2, 0.25) is 0 Å². The Morgan fingerprint density at radius 1 is 1.22 bits per heavy atom. The van der Waals surface area contributed by atoms with Gasteiger partial charge in [-0.2, -0.15) is 0 Å². The summed E-state index contributed by atoms with van der Waals surface area (Å²) < 4.78 is 13.1. The molecule has 1 atom stereocenters. The molecular weight excluding hydrogens is 309 g/mol. The van der Waals surface area contributed by atoms with Crippen LogP contribution in [0.15, 0.2) is 41.8 Å². The van der Waals surface area contributed by atoms with Gasteiger partial charge < -0.3 is 10.0 Å². The first-order valence-electron chi connectivity index (χ1n) is 8.29. The van der Waals surface area contributed by atoms with Gasteiger partial charge in [0.2, 0.25) is 0 Å². The SMILES string of the molecule is CC(O)(c1ccc(F)cc1)C1CCN(CCc2cccs2)CC1. The van der Waals surface area contributed by atoms with Gasteiger partial charge in [0, 0.05) is 11.4 Å². The van der Waals surface area contributed by atoms with Gasteiger partial charge >= 0.3 is 0 Å². The van der Waals surface area contributed by atoms with Gasteiger partial charge in [0.25, 0.3) is 0 Å². The van der Waals surface area contributed by atoms with E-state index in [1.165, 1.54) is 17.0 Å². The monoisotopic (exact) mass is 333 g/mol. The normalized spacial score (nSPS) is 19.6. The minimum atomic E-state index is -0.881. The second kappa shape index (κ2) is 7.12. The summed E-state index contributed by atoms with van der Waals surface area (Å²) in [6.45, 7) is 5.00. The molecule has 1 aromatic heterocycles. The second-order valence-corrected chi connectivity index (χ2v) is 7.63. The molecule has 1 fully saturated rings. The Morgan fingerprint density at radius 3 is 2.52 bits per heavy atom. The molecule has 2 aromatic rings. The highest BCUT2D eigenvalue weighted by Crippen LogP contribution is 2.36. The van der Waals surface area contributed by atoms with Crippen LogP contribution in [-0.4, -0.2) is 29.6 Å². The van der Waals surface area contributed by atoms with Crippen LogP contribution in [0.4, 0.5) is 4.39 Å². The van der Waals surface area contributed by atoms with Crippen molar-refractivity contribution in [1.82, 2.24) is 4.90 Å². The molecule has 0 bridgehead atoms. The molecule has 1 saturated heterocycles. The van der Waals surface area contributed by atoms with Crippen molar-refractivity contribution < 1.29 is 9.50 Å². The third-order valence-corrected chi connectivity index (χ3v) is 6.00. The van der Waals surface area contributed by atoms with Crippen molar-refractivity contribution in [3.05, 3.63) is 58.0 Å². The Morgan fingerprint density at radius 2 is 1.91 bits per heavy atom. The van der Waals surface area contributed by atoms with Crippen LogP contribution < -0.4 is 0 Å². The van der Waals surface area contributed by atoms with Crippen molar-refractivity contribution in [2.45, 2.75) is 31.8 Å². The maximum Gasteiger partial charge on any atom is 0.123 e. The molecule has 1 aromatic carbocycles. The number of likely N-dealkylation sites (tertiary alicyclic amines) is 1. The first-order valence-corrected chi connectivity index (χ1v) is 9.17. The summed E-state index contributed by atoms with van der Waals surface area (Å²) in [6.07, 6.45) is 3.07. The number of aliphatic hydroxyl groups is 1. The predicted molar refractivity (Wildman–Crippen MR) is 93.2 cm³/mol. The van der Waals surface area contributed by atoms with Crippen LogP contribution in [0.25, 0.3) is 0 Å². The molecule has 23 heavy (non-hydrogen) atoms. The van der Waals surface area contributed by atoms with E-state index in [0.29, 0.717) is 0 Å². The van der Waals surface area contributed by atoms with Crippen molar-refractivity contribution >= 4 is 11.3 Å². The Kier molecular flexibility index (Phi) is 5.14. The molecule has 0 amide bonds. The zero-order chi connectivity index (χ0) is 16.3. The molecule has 0 radical (unpaired) electrons. The fourth-order valence-electron chi connectivity index (χ4n) is 3.46. The van der Waals surface area contributed by atoms with E-state index in [2.05, 4.69) is 22.4 Å². The third kappa shape index (κ3) is 4.00. The molecule has 2 nitrogen and oxygen atoms in total. The number of benzene rings is 1. The first kappa shape index (κ1) is 16.6. The zero-order valence-corrected chi connectivity index (χ0v) is 14.4. The Labute approximate surface area is 141 Å². The number of hydrogen-bond donors (Lipinski definition) is 1. The highest BCUT2D eigenvalue weighted by Gasteiger charge is 2.35. The Bertz CT molecular complexity index is 601. The first-order chi connectivity index (χ1) is 11.1. The van der Waals surface area contributed by atoms with E-state index in [4.69, 9.17) is 0 Å². The summed E-state index contributed by atoms with van der Waals surface area (Å²) in [6, 6.07) is 10.6. The summed E-state index contributed by atoms with van der Waals surface area (Å²) in [5.41, 5.74) is -0.0657. The molecule has 0 spiro atoms. The number of halogens is 1. The lowest BCUT2D eigenvalue weighted by Crippen LogP contribution is -2.42. The van der Waals surface area contributed by atoms with Crippen molar-refractivity contribution in [2.24, 2.45) is 5.92 Å². The van der Waals surface area contributed by atoms with E-state index in [-0.39, 0.29) is 11.7 Å². The standard InChI is InChI=1S/C19H24FNOS/c1-19(22,15-4-6-17(20)7-5-15)16-8-11-21(12-9-16)13-10-18-3-2-14-23-18/h2-7,14,16,22H,8-13H2,1H3. The van der Waals surface area contributed by atoms with Crippen molar-refractivity contribution in [2.75, 3.05) is 19.6 Å². The van der Waals surface area contributed by atoms with Gasteiger partial charge in [-0.1, -0.05) is 18.2 Å². The topological polar surface area (TPSA) is 23.5 Å². The van der Waals surface area contributed by atoms with Crippen LogP contribution in [0, 0.1) is 11.7 Å². The average Bonchev–Trinajstić information content (AvgIpc) is 3.07. The number of nitrogens with zero attached hydrogens (tertiary/aromatic N) is 1. The van der Waals surface area contributed by atoms with E-state index in [1.807, 2.05) is 18.3 Å². The highest BCUT2D eigenvalue weighted by molar-refractivity contribution is 7.09. The number of piperidine rings is 1. The quantitative estimate of drug-likeness (QED) is 0.892. The van der Waals surface area contributed by atoms with Gasteiger partial charge in [0.15, 0.2) is 0 Å². The molecule has 1 N–H and O–H groups in total. The van der Waals surface area contributed by atoms with Gasteiger partial charge in [-0.3, -0.25) is 0 Å². The van der Waals surface area contributed by atoms with Crippen LogP contribution in [0.3, 0.4) is 0 Å². The molecule has 4 heteroatoms. The minimum Gasteiger partial charge on any atom is -0.385 e. The molecule has 3 rings (SSSR count). The molecule has 1 aliphatic rings. The Balaban J connectivity index is 1.54. The predicted octanol–water partition coefficient (Wildman–Crippen LogP) is 4.05. The molecular formula is C19H24FNOS. The lowest BCUT2D eigenvalue weighted by atomic mass is 9.77. The van der Waals surface area contributed by atoms with Gasteiger partial charge in [-0.05, 0) is 74.3 Å².